The number of ketones is 1. The van der Waals surface area contributed by atoms with Gasteiger partial charge < -0.3 is 19.5 Å². The van der Waals surface area contributed by atoms with Crippen LogP contribution in [0.5, 0.6) is 11.5 Å². The van der Waals surface area contributed by atoms with E-state index in [2.05, 4.69) is 4.98 Å². The second-order valence-corrected chi connectivity index (χ2v) is 7.26. The van der Waals surface area contributed by atoms with Gasteiger partial charge in [0.05, 0.1) is 25.8 Å². The van der Waals surface area contributed by atoms with Crippen LogP contribution in [-0.2, 0) is 16.1 Å². The molecule has 1 aliphatic heterocycles. The molecule has 1 aliphatic rings. The van der Waals surface area contributed by atoms with Crippen molar-refractivity contribution in [1.82, 2.24) is 9.88 Å². The second-order valence-electron chi connectivity index (χ2n) is 7.26. The number of hydrogen-bond acceptors (Lipinski definition) is 6. The number of benzene rings is 2. The first kappa shape index (κ1) is 21.1. The summed E-state index contributed by atoms with van der Waals surface area (Å²) in [6, 6.07) is 16.5. The fourth-order valence-electron chi connectivity index (χ4n) is 3.86. The Balaban J connectivity index is 1.93. The minimum atomic E-state index is -0.875. The van der Waals surface area contributed by atoms with Crippen molar-refractivity contribution in [2.45, 2.75) is 12.6 Å². The maximum atomic E-state index is 13.2. The fourth-order valence-corrected chi connectivity index (χ4v) is 3.86. The number of pyridine rings is 1. The molecule has 1 aromatic heterocycles. The van der Waals surface area contributed by atoms with Crippen LogP contribution in [0, 0.1) is 0 Å². The van der Waals surface area contributed by atoms with Crippen molar-refractivity contribution in [3.63, 3.8) is 0 Å². The summed E-state index contributed by atoms with van der Waals surface area (Å²) in [4.78, 5) is 31.8. The lowest BCUT2D eigenvalue weighted by Gasteiger charge is -2.27. The quantitative estimate of drug-likeness (QED) is 0.364. The number of nitrogens with zero attached hydrogens (tertiary/aromatic N) is 2. The van der Waals surface area contributed by atoms with Crippen LogP contribution in [0.25, 0.3) is 5.76 Å². The van der Waals surface area contributed by atoms with Gasteiger partial charge in [0, 0.05) is 30.1 Å². The summed E-state index contributed by atoms with van der Waals surface area (Å²) in [5.41, 5.74) is 1.73. The first-order chi connectivity index (χ1) is 15.5. The van der Waals surface area contributed by atoms with Gasteiger partial charge in [-0.25, -0.2) is 0 Å². The van der Waals surface area contributed by atoms with E-state index in [1.807, 2.05) is 6.07 Å². The van der Waals surface area contributed by atoms with Crippen LogP contribution < -0.4 is 9.47 Å². The van der Waals surface area contributed by atoms with Gasteiger partial charge in [0.1, 0.15) is 17.3 Å². The van der Waals surface area contributed by atoms with Crippen LogP contribution in [0.15, 0.2) is 78.6 Å². The summed E-state index contributed by atoms with van der Waals surface area (Å²) in [6.07, 6.45) is 3.27. The van der Waals surface area contributed by atoms with E-state index in [1.54, 1.807) is 67.0 Å². The summed E-state index contributed by atoms with van der Waals surface area (Å²) in [7, 11) is 3.04. The normalized spacial score (nSPS) is 17.4. The lowest BCUT2D eigenvalue weighted by molar-refractivity contribution is -0.140. The van der Waals surface area contributed by atoms with E-state index in [0.29, 0.717) is 22.6 Å². The van der Waals surface area contributed by atoms with Crippen LogP contribution in [0.2, 0.25) is 0 Å². The third kappa shape index (κ3) is 3.80. The van der Waals surface area contributed by atoms with Crippen LogP contribution in [0.1, 0.15) is 22.7 Å². The third-order valence-electron chi connectivity index (χ3n) is 5.39. The zero-order valence-corrected chi connectivity index (χ0v) is 17.7. The van der Waals surface area contributed by atoms with Crippen molar-refractivity contribution in [3.8, 4) is 11.5 Å². The van der Waals surface area contributed by atoms with E-state index >= 15 is 0 Å². The minimum Gasteiger partial charge on any atom is -0.507 e. The van der Waals surface area contributed by atoms with Crippen LogP contribution in [-0.4, -0.2) is 40.9 Å². The molecule has 4 rings (SSSR count). The molecule has 7 heteroatoms. The highest BCUT2D eigenvalue weighted by molar-refractivity contribution is 6.46. The largest absolute Gasteiger partial charge is 0.507 e. The van der Waals surface area contributed by atoms with Crippen LogP contribution >= 0.6 is 0 Å². The molecular weight excluding hydrogens is 408 g/mol. The number of hydrogen-bond donors (Lipinski definition) is 1. The number of carbonyl (C=O) groups excluding carboxylic acids is 2. The third-order valence-corrected chi connectivity index (χ3v) is 5.39. The Kier molecular flexibility index (Phi) is 5.89. The maximum absolute atomic E-state index is 13.2. The minimum absolute atomic E-state index is 0.00311. The number of aromatic nitrogens is 1. The lowest BCUT2D eigenvalue weighted by atomic mass is 9.94. The van der Waals surface area contributed by atoms with Gasteiger partial charge in [-0.15, -0.1) is 0 Å². The molecule has 1 fully saturated rings. The summed E-state index contributed by atoms with van der Waals surface area (Å²) in [5.74, 6) is -0.709. The Bertz CT molecular complexity index is 1180. The molecule has 1 saturated heterocycles. The Morgan fingerprint density at radius 3 is 2.47 bits per heavy atom. The highest BCUT2D eigenvalue weighted by atomic mass is 16.5. The Morgan fingerprint density at radius 2 is 1.81 bits per heavy atom. The molecular formula is C25H22N2O5. The SMILES string of the molecule is COc1ccc(OC)c([C@@H]2C(=C(O)c3ccccc3)C(=O)C(=O)N2Cc2cccnc2)c1. The highest BCUT2D eigenvalue weighted by Gasteiger charge is 2.47. The number of aliphatic hydroxyl groups excluding tert-OH is 1. The van der Waals surface area contributed by atoms with Crippen molar-refractivity contribution >= 4 is 17.4 Å². The Labute approximate surface area is 185 Å². The Morgan fingerprint density at radius 1 is 1.03 bits per heavy atom. The second kappa shape index (κ2) is 8.93. The molecule has 0 bridgehead atoms. The molecule has 7 nitrogen and oxygen atoms in total. The number of carbonyl (C=O) groups is 2. The van der Waals surface area contributed by atoms with Gasteiger partial charge in [-0.3, -0.25) is 14.6 Å². The van der Waals surface area contributed by atoms with Gasteiger partial charge in [-0.2, -0.15) is 0 Å². The van der Waals surface area contributed by atoms with E-state index in [0.717, 1.165) is 5.56 Å². The lowest BCUT2D eigenvalue weighted by Crippen LogP contribution is -2.29. The monoisotopic (exact) mass is 430 g/mol. The van der Waals surface area contributed by atoms with Gasteiger partial charge in [0.25, 0.3) is 11.7 Å². The van der Waals surface area contributed by atoms with Crippen molar-refractivity contribution in [2.75, 3.05) is 14.2 Å². The average Bonchev–Trinajstić information content (AvgIpc) is 3.09. The molecule has 0 unspecified atom stereocenters. The molecule has 0 spiro atoms. The molecule has 1 amide bonds. The number of ether oxygens (including phenoxy) is 2. The number of rotatable bonds is 6. The number of Topliss-reactive ketones (excluding diaryl/α,β-unsaturated/α-hetero) is 1. The van der Waals surface area contributed by atoms with Gasteiger partial charge in [0.15, 0.2) is 0 Å². The zero-order valence-electron chi connectivity index (χ0n) is 17.7. The predicted octanol–water partition coefficient (Wildman–Crippen LogP) is 3.72. The summed E-state index contributed by atoms with van der Waals surface area (Å²) >= 11 is 0. The molecule has 3 aromatic rings. The molecule has 32 heavy (non-hydrogen) atoms. The topological polar surface area (TPSA) is 89.0 Å². The van der Waals surface area contributed by atoms with Crippen molar-refractivity contribution < 1.29 is 24.2 Å². The summed E-state index contributed by atoms with van der Waals surface area (Å²) < 4.78 is 10.9. The first-order valence-corrected chi connectivity index (χ1v) is 9.99. The van der Waals surface area contributed by atoms with E-state index < -0.39 is 17.7 Å². The molecule has 1 N–H and O–H groups in total. The van der Waals surface area contributed by atoms with E-state index in [4.69, 9.17) is 9.47 Å². The zero-order chi connectivity index (χ0) is 22.7. The molecule has 0 radical (unpaired) electrons. The van der Waals surface area contributed by atoms with Gasteiger partial charge in [-0.05, 0) is 29.8 Å². The molecule has 162 valence electrons. The summed E-state index contributed by atoms with van der Waals surface area (Å²) in [5, 5.41) is 11.1. The molecule has 1 atom stereocenters. The van der Waals surface area contributed by atoms with Crippen molar-refractivity contribution in [3.05, 3.63) is 95.3 Å². The van der Waals surface area contributed by atoms with Crippen LogP contribution in [0.3, 0.4) is 0 Å². The van der Waals surface area contributed by atoms with E-state index in [-0.39, 0.29) is 17.9 Å². The number of likely N-dealkylation sites (tertiary alicyclic amines) is 1. The first-order valence-electron chi connectivity index (χ1n) is 9.99. The van der Waals surface area contributed by atoms with Crippen molar-refractivity contribution in [2.24, 2.45) is 0 Å². The average molecular weight is 430 g/mol. The predicted molar refractivity (Wildman–Crippen MR) is 118 cm³/mol. The number of methoxy groups -OCH3 is 2. The fraction of sp³-hybridized carbons (Fsp3) is 0.160. The smallest absolute Gasteiger partial charge is 0.295 e. The molecule has 0 saturated carbocycles. The number of aliphatic hydroxyl groups is 1. The van der Waals surface area contributed by atoms with Crippen LogP contribution in [0.4, 0.5) is 0 Å². The summed E-state index contributed by atoms with van der Waals surface area (Å²) in [6.45, 7) is 0.134. The van der Waals surface area contributed by atoms with E-state index in [9.17, 15) is 14.7 Å². The van der Waals surface area contributed by atoms with Gasteiger partial charge in [0.2, 0.25) is 0 Å². The standard InChI is InChI=1S/C25H22N2O5/c1-31-18-10-11-20(32-2)19(13-18)22-21(23(28)17-8-4-3-5-9-17)24(29)25(30)27(22)15-16-7-6-12-26-14-16/h3-14,22,28H,15H2,1-2H3/t22-/m1/s1. The maximum Gasteiger partial charge on any atom is 0.295 e. The molecule has 2 aromatic carbocycles. The molecule has 2 heterocycles. The highest BCUT2D eigenvalue weighted by Crippen LogP contribution is 2.44. The van der Waals surface area contributed by atoms with Gasteiger partial charge in [-0.1, -0.05) is 36.4 Å². The molecule has 0 aliphatic carbocycles. The number of amides is 1. The van der Waals surface area contributed by atoms with E-state index in [1.165, 1.54) is 19.1 Å². The van der Waals surface area contributed by atoms with Crippen molar-refractivity contribution in [1.29, 1.82) is 0 Å². The Hall–Kier alpha value is -4.13. The van der Waals surface area contributed by atoms with Gasteiger partial charge >= 0.3 is 0 Å².